The van der Waals surface area contributed by atoms with Gasteiger partial charge in [0.1, 0.15) is 0 Å². The van der Waals surface area contributed by atoms with Gasteiger partial charge in [-0.15, -0.1) is 0 Å². The molecule has 0 aliphatic carbocycles. The Kier molecular flexibility index (Phi) is 4.61. The van der Waals surface area contributed by atoms with Gasteiger partial charge >= 0.3 is 0 Å². The molecule has 0 radical (unpaired) electrons. The summed E-state index contributed by atoms with van der Waals surface area (Å²) in [6, 6.07) is 7.81. The third kappa shape index (κ3) is 3.29. The van der Waals surface area contributed by atoms with Crippen LogP contribution in [0, 0.1) is 19.8 Å². The van der Waals surface area contributed by atoms with E-state index in [2.05, 4.69) is 10.4 Å². The lowest BCUT2D eigenvalue weighted by Crippen LogP contribution is -2.34. The lowest BCUT2D eigenvalue weighted by atomic mass is 9.92. The summed E-state index contributed by atoms with van der Waals surface area (Å²) < 4.78 is 1.78. The molecule has 132 valence electrons. The third-order valence-corrected chi connectivity index (χ3v) is 5.13. The molecule has 0 saturated carbocycles. The first kappa shape index (κ1) is 17.2. The molecule has 1 saturated heterocycles. The van der Waals surface area contributed by atoms with E-state index >= 15 is 0 Å². The smallest absolute Gasteiger partial charge is 0.226 e. The quantitative estimate of drug-likeness (QED) is 0.924. The summed E-state index contributed by atoms with van der Waals surface area (Å²) in [7, 11) is 3.64. The van der Waals surface area contributed by atoms with Crippen LogP contribution < -0.4 is 5.32 Å². The van der Waals surface area contributed by atoms with Crippen LogP contribution in [0.25, 0.3) is 0 Å². The van der Waals surface area contributed by atoms with E-state index in [4.69, 9.17) is 0 Å². The zero-order valence-corrected chi connectivity index (χ0v) is 15.1. The number of nitrogens with one attached hydrogen (secondary N) is 1. The first-order chi connectivity index (χ1) is 11.9. The molecule has 2 unspecified atom stereocenters. The third-order valence-electron chi connectivity index (χ3n) is 5.13. The first-order valence-electron chi connectivity index (χ1n) is 8.46. The maximum atomic E-state index is 12.8. The van der Waals surface area contributed by atoms with Crippen molar-refractivity contribution >= 4 is 11.8 Å². The maximum absolute atomic E-state index is 12.8. The summed E-state index contributed by atoms with van der Waals surface area (Å²) in [6.45, 7) is 4.41. The summed E-state index contributed by atoms with van der Waals surface area (Å²) >= 11 is 0. The number of hydrogen-bond acceptors (Lipinski definition) is 3. The van der Waals surface area contributed by atoms with Gasteiger partial charge in [0.2, 0.25) is 11.8 Å². The minimum absolute atomic E-state index is 0.00304. The highest BCUT2D eigenvalue weighted by molar-refractivity contribution is 5.90. The zero-order chi connectivity index (χ0) is 18.1. The van der Waals surface area contributed by atoms with E-state index < -0.39 is 0 Å². The Balaban J connectivity index is 1.76. The monoisotopic (exact) mass is 340 g/mol. The fourth-order valence-corrected chi connectivity index (χ4v) is 3.36. The molecule has 25 heavy (non-hydrogen) atoms. The predicted molar refractivity (Wildman–Crippen MR) is 94.6 cm³/mol. The molecule has 1 fully saturated rings. The molecule has 0 bridgehead atoms. The van der Waals surface area contributed by atoms with E-state index in [0.29, 0.717) is 6.54 Å². The van der Waals surface area contributed by atoms with Gasteiger partial charge < -0.3 is 10.2 Å². The van der Waals surface area contributed by atoms with Crippen molar-refractivity contribution < 1.29 is 9.59 Å². The van der Waals surface area contributed by atoms with Gasteiger partial charge in [0.25, 0.3) is 0 Å². The van der Waals surface area contributed by atoms with Crippen LogP contribution in [-0.4, -0.2) is 33.5 Å². The Morgan fingerprint density at radius 2 is 1.92 bits per heavy atom. The van der Waals surface area contributed by atoms with E-state index in [1.165, 1.54) is 0 Å². The number of hydrogen-bond donors (Lipinski definition) is 1. The molecule has 6 nitrogen and oxygen atoms in total. The standard InChI is InChI=1S/C19H24N4O2/c1-12-5-7-14(8-6-12)18-16(9-17(24)22(18)3)19(25)20-10-15-11-21-23(4)13(15)2/h5-8,11,16,18H,9-10H2,1-4H3,(H,20,25). The van der Waals surface area contributed by atoms with Crippen LogP contribution in [0.4, 0.5) is 0 Å². The molecule has 0 spiro atoms. The van der Waals surface area contributed by atoms with Gasteiger partial charge in [-0.05, 0) is 19.4 Å². The first-order valence-corrected chi connectivity index (χ1v) is 8.46. The number of aromatic nitrogens is 2. The van der Waals surface area contributed by atoms with Crippen LogP contribution >= 0.6 is 0 Å². The summed E-state index contributed by atoms with van der Waals surface area (Å²) in [6.07, 6.45) is 2.01. The Morgan fingerprint density at radius 1 is 1.24 bits per heavy atom. The van der Waals surface area contributed by atoms with Gasteiger partial charge in [-0.1, -0.05) is 29.8 Å². The van der Waals surface area contributed by atoms with Crippen molar-refractivity contribution in [1.82, 2.24) is 20.0 Å². The molecule has 3 rings (SSSR count). The lowest BCUT2D eigenvalue weighted by molar-refractivity contribution is -0.128. The molecule has 6 heteroatoms. The van der Waals surface area contributed by atoms with Crippen LogP contribution in [0.3, 0.4) is 0 Å². The summed E-state index contributed by atoms with van der Waals surface area (Å²) in [4.78, 5) is 26.6. The fourth-order valence-electron chi connectivity index (χ4n) is 3.36. The second-order valence-electron chi connectivity index (χ2n) is 6.77. The van der Waals surface area contributed by atoms with E-state index in [1.807, 2.05) is 45.2 Å². The van der Waals surface area contributed by atoms with Crippen molar-refractivity contribution in [3.8, 4) is 0 Å². The normalized spacial score (nSPS) is 20.2. The van der Waals surface area contributed by atoms with Crippen molar-refractivity contribution in [3.05, 3.63) is 52.8 Å². The van der Waals surface area contributed by atoms with Gasteiger partial charge in [0.15, 0.2) is 0 Å². The van der Waals surface area contributed by atoms with Gasteiger partial charge in [-0.25, -0.2) is 0 Å². The highest BCUT2D eigenvalue weighted by atomic mass is 16.2. The van der Waals surface area contributed by atoms with E-state index in [-0.39, 0.29) is 30.2 Å². The average Bonchev–Trinajstić information content (AvgIpc) is 3.07. The number of nitrogens with zero attached hydrogens (tertiary/aromatic N) is 3. The van der Waals surface area contributed by atoms with Crippen molar-refractivity contribution in [1.29, 1.82) is 0 Å². The van der Waals surface area contributed by atoms with Crippen molar-refractivity contribution in [3.63, 3.8) is 0 Å². The number of carbonyl (C=O) groups is 2. The van der Waals surface area contributed by atoms with Crippen LogP contribution in [0.2, 0.25) is 0 Å². The van der Waals surface area contributed by atoms with E-state index in [9.17, 15) is 9.59 Å². The van der Waals surface area contributed by atoms with Gasteiger partial charge in [0.05, 0.1) is 18.2 Å². The summed E-state index contributed by atoms with van der Waals surface area (Å²) in [5, 5.41) is 7.17. The van der Waals surface area contributed by atoms with E-state index in [0.717, 1.165) is 22.4 Å². The van der Waals surface area contributed by atoms with Crippen molar-refractivity contribution in [2.45, 2.75) is 32.9 Å². The number of likely N-dealkylation sites (tertiary alicyclic amines) is 1. The second-order valence-corrected chi connectivity index (χ2v) is 6.77. The van der Waals surface area contributed by atoms with Crippen LogP contribution in [0.5, 0.6) is 0 Å². The SMILES string of the molecule is Cc1ccc(C2C(C(=O)NCc3cnn(C)c3C)CC(=O)N2C)cc1. The minimum atomic E-state index is -0.378. The summed E-state index contributed by atoms with van der Waals surface area (Å²) in [5.74, 6) is -0.466. The van der Waals surface area contributed by atoms with Gasteiger partial charge in [-0.2, -0.15) is 5.10 Å². The Labute approximate surface area is 147 Å². The predicted octanol–water partition coefficient (Wildman–Crippen LogP) is 1.87. The second kappa shape index (κ2) is 6.70. The average molecular weight is 340 g/mol. The highest BCUT2D eigenvalue weighted by Crippen LogP contribution is 2.37. The minimum Gasteiger partial charge on any atom is -0.352 e. The highest BCUT2D eigenvalue weighted by Gasteiger charge is 2.42. The molecule has 1 aliphatic rings. The Hall–Kier alpha value is -2.63. The van der Waals surface area contributed by atoms with Crippen molar-refractivity contribution in [2.75, 3.05) is 7.05 Å². The van der Waals surface area contributed by atoms with Crippen molar-refractivity contribution in [2.24, 2.45) is 13.0 Å². The topological polar surface area (TPSA) is 67.2 Å². The molecule has 1 aliphatic heterocycles. The fraction of sp³-hybridized carbons (Fsp3) is 0.421. The van der Waals surface area contributed by atoms with Gasteiger partial charge in [0, 0.05) is 38.3 Å². The number of rotatable bonds is 4. The molecule has 2 amide bonds. The molecule has 2 aromatic rings. The number of carbonyl (C=O) groups excluding carboxylic acids is 2. The zero-order valence-electron chi connectivity index (χ0n) is 15.1. The Bertz CT molecular complexity index is 794. The maximum Gasteiger partial charge on any atom is 0.226 e. The number of benzene rings is 1. The number of aryl methyl sites for hydroxylation is 2. The molecular weight excluding hydrogens is 316 g/mol. The Morgan fingerprint density at radius 3 is 2.52 bits per heavy atom. The van der Waals surface area contributed by atoms with Gasteiger partial charge in [-0.3, -0.25) is 14.3 Å². The van der Waals surface area contributed by atoms with E-state index in [1.54, 1.807) is 22.8 Å². The van der Waals surface area contributed by atoms with Crippen LogP contribution in [0.1, 0.15) is 34.8 Å². The molecule has 2 atom stereocenters. The molecule has 1 aromatic carbocycles. The van der Waals surface area contributed by atoms with Crippen LogP contribution in [0.15, 0.2) is 30.5 Å². The summed E-state index contributed by atoms with van der Waals surface area (Å²) in [5.41, 5.74) is 4.16. The molecule has 1 N–H and O–H groups in total. The molecular formula is C19H24N4O2. The largest absolute Gasteiger partial charge is 0.352 e. The molecule has 2 heterocycles. The number of amides is 2. The van der Waals surface area contributed by atoms with Crippen LogP contribution in [-0.2, 0) is 23.2 Å². The lowest BCUT2D eigenvalue weighted by Gasteiger charge is -2.25. The molecule has 1 aromatic heterocycles.